The van der Waals surface area contributed by atoms with E-state index in [-0.39, 0.29) is 10.7 Å². The highest BCUT2D eigenvalue weighted by Gasteiger charge is 2.18. The summed E-state index contributed by atoms with van der Waals surface area (Å²) in [5.41, 5.74) is 6.05. The lowest BCUT2D eigenvalue weighted by molar-refractivity contribution is -0.123. The van der Waals surface area contributed by atoms with E-state index in [0.29, 0.717) is 11.3 Å². The quantitative estimate of drug-likeness (QED) is 0.627. The average molecular weight is 286 g/mol. The molecule has 1 aromatic heterocycles. The van der Waals surface area contributed by atoms with Gasteiger partial charge in [0.05, 0.1) is 5.56 Å². The van der Waals surface area contributed by atoms with E-state index in [9.17, 15) is 14.4 Å². The first-order valence-corrected chi connectivity index (χ1v) is 5.59. The number of imide groups is 1. The molecule has 19 heavy (non-hydrogen) atoms. The van der Waals surface area contributed by atoms with Crippen molar-refractivity contribution < 1.29 is 19.1 Å². The summed E-state index contributed by atoms with van der Waals surface area (Å²) in [7, 11) is 0. The Balaban J connectivity index is 2.74. The molecule has 0 radical (unpaired) electrons. The molecule has 0 saturated heterocycles. The van der Waals surface area contributed by atoms with Gasteiger partial charge in [0, 0.05) is 5.69 Å². The number of carbonyl (C=O) groups excluding carboxylic acids is 3. The van der Waals surface area contributed by atoms with Crippen LogP contribution in [0.3, 0.4) is 0 Å². The molecule has 7 nitrogen and oxygen atoms in total. The molecule has 102 valence electrons. The number of rotatable bonds is 3. The summed E-state index contributed by atoms with van der Waals surface area (Å²) in [6.45, 7) is 2.76. The number of aryl methyl sites for hydroxylation is 2. The maximum atomic E-state index is 11.7. The molecule has 0 aromatic carbocycles. The molecule has 0 aliphatic heterocycles. The Morgan fingerprint density at radius 3 is 2.58 bits per heavy atom. The van der Waals surface area contributed by atoms with E-state index in [1.54, 1.807) is 25.2 Å². The summed E-state index contributed by atoms with van der Waals surface area (Å²) >= 11 is 5.84. The lowest BCUT2D eigenvalue weighted by atomic mass is 10.1. The van der Waals surface area contributed by atoms with Crippen LogP contribution in [0.4, 0.5) is 4.79 Å². The minimum absolute atomic E-state index is 0.00203. The number of hydrogen-bond acceptors (Lipinski definition) is 5. The zero-order valence-corrected chi connectivity index (χ0v) is 11.1. The van der Waals surface area contributed by atoms with Gasteiger partial charge in [-0.15, -0.1) is 0 Å². The summed E-state index contributed by atoms with van der Waals surface area (Å²) in [5.74, 6) is -1.62. The van der Waals surface area contributed by atoms with Gasteiger partial charge in [0.25, 0.3) is 5.91 Å². The topological polar surface area (TPSA) is 111 Å². The van der Waals surface area contributed by atoms with Gasteiger partial charge in [-0.25, -0.2) is 14.6 Å². The molecule has 1 rings (SSSR count). The van der Waals surface area contributed by atoms with E-state index < -0.39 is 24.5 Å². The normalized spacial score (nSPS) is 9.84. The van der Waals surface area contributed by atoms with Crippen molar-refractivity contribution in [3.05, 3.63) is 28.0 Å². The summed E-state index contributed by atoms with van der Waals surface area (Å²) < 4.78 is 4.71. The summed E-state index contributed by atoms with van der Waals surface area (Å²) in [6, 6.07) is 0.638. The van der Waals surface area contributed by atoms with Gasteiger partial charge in [0.1, 0.15) is 5.15 Å². The van der Waals surface area contributed by atoms with E-state index in [4.69, 9.17) is 22.1 Å². The van der Waals surface area contributed by atoms with Crippen LogP contribution >= 0.6 is 11.6 Å². The Morgan fingerprint density at radius 2 is 2.05 bits per heavy atom. The number of esters is 1. The number of urea groups is 1. The predicted octanol–water partition coefficient (Wildman–Crippen LogP) is 0.704. The third kappa shape index (κ3) is 4.22. The first-order chi connectivity index (χ1) is 8.81. The Morgan fingerprint density at radius 1 is 1.42 bits per heavy atom. The third-order valence-corrected chi connectivity index (χ3v) is 2.38. The van der Waals surface area contributed by atoms with Crippen molar-refractivity contribution in [1.82, 2.24) is 10.3 Å². The molecule has 1 aromatic rings. The smallest absolute Gasteiger partial charge is 0.342 e. The molecule has 8 heteroatoms. The van der Waals surface area contributed by atoms with Crippen LogP contribution in [0.1, 0.15) is 21.6 Å². The van der Waals surface area contributed by atoms with Crippen LogP contribution in [0.15, 0.2) is 6.07 Å². The van der Waals surface area contributed by atoms with Gasteiger partial charge < -0.3 is 10.5 Å². The molecular formula is C11H12ClN3O4. The molecule has 0 saturated carbocycles. The van der Waals surface area contributed by atoms with Gasteiger partial charge in [0.2, 0.25) is 0 Å². The van der Waals surface area contributed by atoms with Gasteiger partial charge in [-0.1, -0.05) is 11.6 Å². The Hall–Kier alpha value is -2.15. The van der Waals surface area contributed by atoms with Gasteiger partial charge in [0.15, 0.2) is 6.61 Å². The predicted molar refractivity (Wildman–Crippen MR) is 66.7 cm³/mol. The number of ether oxygens (including phenoxy) is 1. The minimum Gasteiger partial charge on any atom is -0.452 e. The number of hydrogen-bond donors (Lipinski definition) is 2. The number of amides is 3. The molecule has 0 spiro atoms. The van der Waals surface area contributed by atoms with Crippen molar-refractivity contribution in [3.63, 3.8) is 0 Å². The highest BCUT2D eigenvalue weighted by Crippen LogP contribution is 2.19. The number of halogens is 1. The van der Waals surface area contributed by atoms with Crippen molar-refractivity contribution in [3.8, 4) is 0 Å². The molecular weight excluding hydrogens is 274 g/mol. The number of aromatic nitrogens is 1. The zero-order valence-electron chi connectivity index (χ0n) is 10.3. The van der Waals surface area contributed by atoms with Crippen LogP contribution in [-0.2, 0) is 9.53 Å². The summed E-state index contributed by atoms with van der Waals surface area (Å²) in [5, 5.41) is 1.76. The van der Waals surface area contributed by atoms with Crippen LogP contribution in [0, 0.1) is 13.8 Å². The van der Waals surface area contributed by atoms with E-state index in [1.165, 1.54) is 0 Å². The molecule has 1 heterocycles. The minimum atomic E-state index is -1.02. The van der Waals surface area contributed by atoms with Crippen molar-refractivity contribution >= 4 is 29.5 Å². The summed E-state index contributed by atoms with van der Waals surface area (Å²) in [6.07, 6.45) is 0. The molecule has 0 bridgehead atoms. The first kappa shape index (κ1) is 14.9. The molecule has 3 amide bonds. The number of primary amides is 1. The number of pyridine rings is 1. The second kappa shape index (κ2) is 6.14. The molecule has 0 unspecified atom stereocenters. The van der Waals surface area contributed by atoms with Crippen LogP contribution < -0.4 is 11.1 Å². The van der Waals surface area contributed by atoms with Crippen molar-refractivity contribution in [2.75, 3.05) is 6.61 Å². The Labute approximate surface area is 114 Å². The van der Waals surface area contributed by atoms with Crippen molar-refractivity contribution in [2.45, 2.75) is 13.8 Å². The number of nitrogens with two attached hydrogens (primary N) is 1. The van der Waals surface area contributed by atoms with E-state index in [0.717, 1.165) is 0 Å². The molecule has 3 N–H and O–H groups in total. The molecule has 0 aliphatic rings. The maximum absolute atomic E-state index is 11.7. The summed E-state index contributed by atoms with van der Waals surface area (Å²) in [4.78, 5) is 37.1. The number of nitrogens with one attached hydrogen (secondary N) is 1. The van der Waals surface area contributed by atoms with E-state index in [2.05, 4.69) is 4.98 Å². The van der Waals surface area contributed by atoms with Crippen molar-refractivity contribution in [1.29, 1.82) is 0 Å². The van der Waals surface area contributed by atoms with E-state index >= 15 is 0 Å². The fraction of sp³-hybridized carbons (Fsp3) is 0.273. The van der Waals surface area contributed by atoms with Gasteiger partial charge in [-0.05, 0) is 25.5 Å². The zero-order chi connectivity index (χ0) is 14.6. The highest BCUT2D eigenvalue weighted by atomic mass is 35.5. The lowest BCUT2D eigenvalue weighted by Crippen LogP contribution is -2.37. The second-order valence-corrected chi connectivity index (χ2v) is 4.09. The van der Waals surface area contributed by atoms with Crippen LogP contribution in [0.25, 0.3) is 0 Å². The monoisotopic (exact) mass is 285 g/mol. The van der Waals surface area contributed by atoms with Crippen LogP contribution in [-0.4, -0.2) is 29.5 Å². The SMILES string of the molecule is Cc1cc(C)c(C(=O)OCC(=O)NC(N)=O)c(Cl)n1. The average Bonchev–Trinajstić information content (AvgIpc) is 2.23. The van der Waals surface area contributed by atoms with Gasteiger partial charge in [-0.2, -0.15) is 0 Å². The molecule has 0 atom stereocenters. The molecule has 0 aliphatic carbocycles. The lowest BCUT2D eigenvalue weighted by Gasteiger charge is -2.08. The van der Waals surface area contributed by atoms with Crippen LogP contribution in [0.5, 0.6) is 0 Å². The number of nitrogens with zero attached hydrogens (tertiary/aromatic N) is 1. The van der Waals surface area contributed by atoms with Gasteiger partial charge in [-0.3, -0.25) is 10.1 Å². The Bertz CT molecular complexity index is 522. The van der Waals surface area contributed by atoms with Crippen molar-refractivity contribution in [2.24, 2.45) is 5.73 Å². The van der Waals surface area contributed by atoms with Gasteiger partial charge >= 0.3 is 12.0 Å². The fourth-order valence-electron chi connectivity index (χ4n) is 1.41. The maximum Gasteiger partial charge on any atom is 0.342 e. The van der Waals surface area contributed by atoms with Crippen LogP contribution in [0.2, 0.25) is 5.15 Å². The highest BCUT2D eigenvalue weighted by molar-refractivity contribution is 6.32. The van der Waals surface area contributed by atoms with E-state index in [1.807, 2.05) is 0 Å². The standard InChI is InChI=1S/C11H12ClN3O4/c1-5-3-6(2)14-9(12)8(5)10(17)19-4-7(16)15-11(13)18/h3H,4H2,1-2H3,(H3,13,15,16,18). The first-order valence-electron chi connectivity index (χ1n) is 5.21. The molecule has 0 fully saturated rings. The largest absolute Gasteiger partial charge is 0.452 e. The second-order valence-electron chi connectivity index (χ2n) is 3.73. The third-order valence-electron chi connectivity index (χ3n) is 2.10. The Kier molecular flexibility index (Phi) is 4.82. The fourth-order valence-corrected chi connectivity index (χ4v) is 1.77. The number of carbonyl (C=O) groups is 3.